The third-order valence-electron chi connectivity index (χ3n) is 5.80. The molecule has 0 saturated heterocycles. The highest BCUT2D eigenvalue weighted by Crippen LogP contribution is 2.55. The fourth-order valence-electron chi connectivity index (χ4n) is 3.92. The van der Waals surface area contributed by atoms with E-state index in [1.165, 1.54) is 30.5 Å². The number of halogens is 2. The number of allylic oxidation sites excluding steroid dienone is 1. The molecule has 0 saturated carbocycles. The Morgan fingerprint density at radius 3 is 2.52 bits per heavy atom. The number of aliphatic hydroxyl groups is 3. The molecule has 3 rings (SSSR count). The second kappa shape index (κ2) is 13.2. The van der Waals surface area contributed by atoms with Crippen LogP contribution in [-0.2, 0) is 13.7 Å². The molecule has 0 aliphatic carbocycles. The normalized spacial score (nSPS) is 17.3. The SMILES string of the molecule is CC/C=C(/COP(=O)(O)CP(=O)(O)O)[C@@H](O)[C@H](O)[C@@H](O)n1ccc2c(N[C@H](C)c3cccc(F)c3)nc(Cl)nc21. The number of benzene rings is 1. The summed E-state index contributed by atoms with van der Waals surface area (Å²) >= 11 is 6.12. The number of anilines is 1. The molecule has 17 heteroatoms. The number of nitrogens with one attached hydrogen (secondary N) is 1. The highest BCUT2D eigenvalue weighted by atomic mass is 35.5. The maximum absolute atomic E-state index is 13.7. The van der Waals surface area contributed by atoms with Crippen LogP contribution in [0.1, 0.15) is 38.1 Å². The zero-order valence-electron chi connectivity index (χ0n) is 21.4. The van der Waals surface area contributed by atoms with E-state index in [0.717, 1.165) is 4.57 Å². The van der Waals surface area contributed by atoms with E-state index in [9.17, 15) is 33.7 Å². The second-order valence-electron chi connectivity index (χ2n) is 8.98. The minimum Gasteiger partial charge on any atom is -0.386 e. The summed E-state index contributed by atoms with van der Waals surface area (Å²) in [6, 6.07) is 7.09. The van der Waals surface area contributed by atoms with Gasteiger partial charge in [0.25, 0.3) is 0 Å². The Labute approximate surface area is 233 Å². The van der Waals surface area contributed by atoms with E-state index in [2.05, 4.69) is 15.3 Å². The van der Waals surface area contributed by atoms with E-state index < -0.39 is 58.0 Å². The average molecular weight is 623 g/mol. The van der Waals surface area contributed by atoms with E-state index in [-0.39, 0.29) is 22.3 Å². The van der Waals surface area contributed by atoms with Gasteiger partial charge in [0.2, 0.25) is 5.28 Å². The number of rotatable bonds is 13. The number of aromatic nitrogens is 3. The van der Waals surface area contributed by atoms with Crippen molar-refractivity contribution in [1.29, 1.82) is 0 Å². The molecule has 2 heterocycles. The predicted octanol–water partition coefficient (Wildman–Crippen LogP) is 3.28. The highest BCUT2D eigenvalue weighted by Gasteiger charge is 2.34. The largest absolute Gasteiger partial charge is 0.386 e. The summed E-state index contributed by atoms with van der Waals surface area (Å²) in [6.07, 6.45) is -2.49. The topological polar surface area (TPSA) is 207 Å². The molecule has 220 valence electrons. The number of hydrogen-bond donors (Lipinski definition) is 7. The zero-order valence-corrected chi connectivity index (χ0v) is 23.9. The van der Waals surface area contributed by atoms with Crippen LogP contribution in [0.15, 0.2) is 48.2 Å². The maximum Gasteiger partial charge on any atom is 0.340 e. The Hall–Kier alpha value is -2.22. The van der Waals surface area contributed by atoms with Crippen molar-refractivity contribution >= 4 is 43.6 Å². The predicted molar refractivity (Wildman–Crippen MR) is 145 cm³/mol. The lowest BCUT2D eigenvalue weighted by atomic mass is 10.0. The molecule has 0 spiro atoms. The molecule has 5 atom stereocenters. The molecule has 0 radical (unpaired) electrons. The minimum absolute atomic E-state index is 0.0893. The van der Waals surface area contributed by atoms with E-state index in [0.29, 0.717) is 17.4 Å². The van der Waals surface area contributed by atoms with Gasteiger partial charge in [-0.25, -0.2) is 9.37 Å². The van der Waals surface area contributed by atoms with Gasteiger partial charge >= 0.3 is 15.2 Å². The smallest absolute Gasteiger partial charge is 0.340 e. The first-order valence-corrected chi connectivity index (χ1v) is 15.9. The molecule has 7 N–H and O–H groups in total. The summed E-state index contributed by atoms with van der Waals surface area (Å²) < 4.78 is 42.7. The Kier molecular flexibility index (Phi) is 10.6. The number of nitrogens with zero attached hydrogens (tertiary/aromatic N) is 3. The lowest BCUT2D eigenvalue weighted by Gasteiger charge is -2.27. The lowest BCUT2D eigenvalue weighted by Crippen LogP contribution is -2.37. The zero-order chi connectivity index (χ0) is 29.8. The number of fused-ring (bicyclic) bond motifs is 1. The maximum atomic E-state index is 13.7. The van der Waals surface area contributed by atoms with Crippen molar-refractivity contribution in [2.75, 3.05) is 17.8 Å². The van der Waals surface area contributed by atoms with E-state index in [1.807, 2.05) is 0 Å². The minimum atomic E-state index is -4.87. The summed E-state index contributed by atoms with van der Waals surface area (Å²) in [5, 5.41) is 35.8. The van der Waals surface area contributed by atoms with Crippen LogP contribution in [0.2, 0.25) is 5.28 Å². The van der Waals surface area contributed by atoms with Crippen molar-refractivity contribution in [3.8, 4) is 0 Å². The second-order valence-corrected chi connectivity index (χ2v) is 13.3. The first-order valence-electron chi connectivity index (χ1n) is 11.9. The Bertz CT molecular complexity index is 1470. The van der Waals surface area contributed by atoms with Crippen molar-refractivity contribution < 1.29 is 48.0 Å². The molecule has 13 nitrogen and oxygen atoms in total. The molecule has 1 aromatic carbocycles. The summed E-state index contributed by atoms with van der Waals surface area (Å²) in [7, 11) is -9.61. The number of hydrogen-bond acceptors (Lipinski definition) is 9. The highest BCUT2D eigenvalue weighted by molar-refractivity contribution is 7.70. The molecule has 2 aromatic heterocycles. The standard InChI is InChI=1S/C23H30ClFN4O9P2/c1-3-5-15(11-38-40(36,37)12-39(33,34)35)18(30)19(31)22(32)29-9-8-17-20(27-23(24)28-21(17)29)26-13(2)14-6-4-7-16(25)10-14/h4-10,13,18-19,22,30-32H,3,11-12H2,1-2H3,(H,36,37)(H,26,27,28)(H2,33,34,35)/b15-5-/t13-,18-,19+,22-/m1/s1. The van der Waals surface area contributed by atoms with Gasteiger partial charge in [-0.15, -0.1) is 0 Å². The fourth-order valence-corrected chi connectivity index (χ4v) is 6.62. The van der Waals surface area contributed by atoms with Crippen molar-refractivity contribution in [3.05, 3.63) is 64.8 Å². The summed E-state index contributed by atoms with van der Waals surface area (Å²) in [5.74, 6) is -1.58. The van der Waals surface area contributed by atoms with E-state index >= 15 is 0 Å². The number of aliphatic hydroxyl groups excluding tert-OH is 3. The van der Waals surface area contributed by atoms with Gasteiger partial charge in [-0.3, -0.25) is 9.13 Å². The first kappa shape index (κ1) is 32.3. The molecule has 0 aliphatic rings. The van der Waals surface area contributed by atoms with E-state index in [1.54, 1.807) is 26.0 Å². The third kappa shape index (κ3) is 8.40. The molecule has 0 amide bonds. The Balaban J connectivity index is 1.83. The van der Waals surface area contributed by atoms with Crippen molar-refractivity contribution in [3.63, 3.8) is 0 Å². The summed E-state index contributed by atoms with van der Waals surface area (Å²) in [5.41, 5.74) is 0.613. The van der Waals surface area contributed by atoms with Gasteiger partial charge in [-0.05, 0) is 54.3 Å². The van der Waals surface area contributed by atoms with E-state index in [4.69, 9.17) is 25.9 Å². The van der Waals surface area contributed by atoms with Gasteiger partial charge in [-0.2, -0.15) is 4.98 Å². The van der Waals surface area contributed by atoms with Gasteiger partial charge < -0.3 is 44.4 Å². The molecule has 0 bridgehead atoms. The van der Waals surface area contributed by atoms with Crippen LogP contribution in [0.4, 0.5) is 10.2 Å². The summed E-state index contributed by atoms with van der Waals surface area (Å²) in [4.78, 5) is 35.9. The van der Waals surface area contributed by atoms with Crippen LogP contribution < -0.4 is 5.32 Å². The first-order chi connectivity index (χ1) is 18.6. The lowest BCUT2D eigenvalue weighted by molar-refractivity contribution is -0.0794. The van der Waals surface area contributed by atoms with Crippen molar-refractivity contribution in [2.45, 2.75) is 44.7 Å². The van der Waals surface area contributed by atoms with Crippen LogP contribution >= 0.6 is 26.8 Å². The fraction of sp³-hybridized carbons (Fsp3) is 0.391. The van der Waals surface area contributed by atoms with Crippen LogP contribution in [0, 0.1) is 5.82 Å². The molecule has 0 aliphatic heterocycles. The third-order valence-corrected chi connectivity index (χ3v) is 9.41. The van der Waals surface area contributed by atoms with Crippen molar-refractivity contribution in [2.24, 2.45) is 0 Å². The van der Waals surface area contributed by atoms with Gasteiger partial charge in [0, 0.05) is 6.20 Å². The van der Waals surface area contributed by atoms with Crippen LogP contribution in [0.3, 0.4) is 0 Å². The molecular formula is C23H30ClFN4O9P2. The Morgan fingerprint density at radius 1 is 1.20 bits per heavy atom. The average Bonchev–Trinajstić information content (AvgIpc) is 3.27. The molecule has 40 heavy (non-hydrogen) atoms. The molecule has 0 fully saturated rings. The molecule has 3 aromatic rings. The van der Waals surface area contributed by atoms with Crippen molar-refractivity contribution in [1.82, 2.24) is 14.5 Å². The summed E-state index contributed by atoms with van der Waals surface area (Å²) in [6.45, 7) is 2.69. The van der Waals surface area contributed by atoms with Crippen LogP contribution in [0.25, 0.3) is 11.0 Å². The van der Waals surface area contributed by atoms with Gasteiger partial charge in [0.05, 0.1) is 18.0 Å². The van der Waals surface area contributed by atoms with Crippen LogP contribution in [-0.4, -0.2) is 69.3 Å². The monoisotopic (exact) mass is 622 g/mol. The molecule has 1 unspecified atom stereocenters. The van der Waals surface area contributed by atoms with Gasteiger partial charge in [0.1, 0.15) is 29.5 Å². The van der Waals surface area contributed by atoms with Gasteiger partial charge in [0.15, 0.2) is 12.1 Å². The molecular weight excluding hydrogens is 593 g/mol. The quantitative estimate of drug-likeness (QED) is 0.0832. The van der Waals surface area contributed by atoms with Crippen LogP contribution in [0.5, 0.6) is 0 Å². The Morgan fingerprint density at radius 2 is 1.90 bits per heavy atom. The van der Waals surface area contributed by atoms with Gasteiger partial charge in [-0.1, -0.05) is 25.1 Å².